The summed E-state index contributed by atoms with van der Waals surface area (Å²) in [5, 5.41) is 2.71. The summed E-state index contributed by atoms with van der Waals surface area (Å²) in [5.74, 6) is -0.0291. The minimum absolute atomic E-state index is 0.0291. The Bertz CT molecular complexity index is 988. The first-order chi connectivity index (χ1) is 12.7. The van der Waals surface area contributed by atoms with E-state index in [1.807, 2.05) is 52.0 Å². The van der Waals surface area contributed by atoms with Crippen molar-refractivity contribution < 1.29 is 9.53 Å². The molecule has 0 radical (unpaired) electrons. The molecular formula is C23H24ClNO2. The van der Waals surface area contributed by atoms with Gasteiger partial charge >= 0.3 is 0 Å². The standard InChI is InChI=1S/C23H24ClNO2/c1-14-12-16-8-6-7-9-18(16)21(19-11-10-17(24)13-25-19)20(14)22(15(2)26)27-23(3,4)5/h6-13,22H,1-5H3/t22-/m1/s1. The topological polar surface area (TPSA) is 39.2 Å². The molecule has 2 aromatic carbocycles. The lowest BCUT2D eigenvalue weighted by Crippen LogP contribution is -2.27. The lowest BCUT2D eigenvalue weighted by molar-refractivity contribution is -0.138. The van der Waals surface area contributed by atoms with Crippen molar-refractivity contribution in [2.75, 3.05) is 0 Å². The largest absolute Gasteiger partial charge is 0.360 e. The molecule has 0 aliphatic carbocycles. The van der Waals surface area contributed by atoms with Gasteiger partial charge in [0.05, 0.1) is 16.3 Å². The maximum atomic E-state index is 12.6. The zero-order chi connectivity index (χ0) is 19.8. The van der Waals surface area contributed by atoms with Gasteiger partial charge in [-0.2, -0.15) is 0 Å². The molecule has 0 saturated carbocycles. The summed E-state index contributed by atoms with van der Waals surface area (Å²) in [4.78, 5) is 17.1. The Balaban J connectivity index is 2.37. The van der Waals surface area contributed by atoms with E-state index in [0.717, 1.165) is 33.2 Å². The highest BCUT2D eigenvalue weighted by atomic mass is 35.5. The number of rotatable bonds is 4. The molecule has 0 fully saturated rings. The number of ether oxygens (including phenoxy) is 1. The van der Waals surface area contributed by atoms with Crippen molar-refractivity contribution in [3.63, 3.8) is 0 Å². The molecule has 0 amide bonds. The quantitative estimate of drug-likeness (QED) is 0.531. The van der Waals surface area contributed by atoms with Crippen LogP contribution in [0.1, 0.15) is 44.9 Å². The average Bonchev–Trinajstić information content (AvgIpc) is 2.59. The van der Waals surface area contributed by atoms with E-state index in [9.17, 15) is 4.79 Å². The van der Waals surface area contributed by atoms with Gasteiger partial charge in [-0.05, 0) is 63.1 Å². The number of carbonyl (C=O) groups is 1. The van der Waals surface area contributed by atoms with Gasteiger partial charge in [-0.25, -0.2) is 0 Å². The molecule has 0 spiro atoms. The number of fused-ring (bicyclic) bond motifs is 1. The van der Waals surface area contributed by atoms with E-state index in [4.69, 9.17) is 16.3 Å². The Labute approximate surface area is 165 Å². The SMILES string of the molecule is CC(=O)[C@@H](OC(C)(C)C)c1c(C)cc2ccccc2c1-c1ccc(Cl)cn1. The second-order valence-corrected chi connectivity index (χ2v) is 8.22. The lowest BCUT2D eigenvalue weighted by atomic mass is 9.88. The van der Waals surface area contributed by atoms with Crippen LogP contribution >= 0.6 is 11.6 Å². The van der Waals surface area contributed by atoms with E-state index in [-0.39, 0.29) is 5.78 Å². The Kier molecular flexibility index (Phi) is 5.36. The van der Waals surface area contributed by atoms with Gasteiger partial charge in [0, 0.05) is 17.3 Å². The number of hydrogen-bond donors (Lipinski definition) is 0. The fraction of sp³-hybridized carbons (Fsp3) is 0.304. The normalized spacial score (nSPS) is 13.0. The van der Waals surface area contributed by atoms with Crippen LogP contribution in [-0.2, 0) is 9.53 Å². The van der Waals surface area contributed by atoms with Crippen molar-refractivity contribution in [1.82, 2.24) is 4.98 Å². The Morgan fingerprint density at radius 2 is 1.85 bits per heavy atom. The van der Waals surface area contributed by atoms with E-state index in [1.165, 1.54) is 0 Å². The number of ketones is 1. The van der Waals surface area contributed by atoms with Crippen LogP contribution in [0, 0.1) is 6.92 Å². The summed E-state index contributed by atoms with van der Waals surface area (Å²) in [7, 11) is 0. The van der Waals surface area contributed by atoms with Gasteiger partial charge in [0.2, 0.25) is 0 Å². The molecule has 1 heterocycles. The second-order valence-electron chi connectivity index (χ2n) is 7.79. The van der Waals surface area contributed by atoms with Gasteiger partial charge in [-0.1, -0.05) is 41.9 Å². The number of benzene rings is 2. The van der Waals surface area contributed by atoms with Crippen molar-refractivity contribution in [3.05, 3.63) is 64.8 Å². The number of aromatic nitrogens is 1. The first kappa shape index (κ1) is 19.5. The van der Waals surface area contributed by atoms with Crippen LogP contribution < -0.4 is 0 Å². The Hall–Kier alpha value is -2.23. The van der Waals surface area contributed by atoms with Crippen LogP contribution in [0.3, 0.4) is 0 Å². The van der Waals surface area contributed by atoms with Crippen molar-refractivity contribution in [2.45, 2.75) is 46.3 Å². The van der Waals surface area contributed by atoms with E-state index < -0.39 is 11.7 Å². The summed E-state index contributed by atoms with van der Waals surface area (Å²) in [5.41, 5.74) is 3.11. The molecule has 0 aliphatic rings. The molecule has 1 aromatic heterocycles. The number of halogens is 1. The zero-order valence-corrected chi connectivity index (χ0v) is 17.1. The first-order valence-electron chi connectivity index (χ1n) is 9.00. The third kappa shape index (κ3) is 4.20. The molecule has 3 aromatic rings. The molecule has 3 nitrogen and oxygen atoms in total. The van der Waals surface area contributed by atoms with Crippen molar-refractivity contribution >= 4 is 28.2 Å². The number of aryl methyl sites for hydroxylation is 1. The molecule has 0 bridgehead atoms. The van der Waals surface area contributed by atoms with Crippen LogP contribution in [0.2, 0.25) is 5.02 Å². The molecule has 140 valence electrons. The average molecular weight is 382 g/mol. The van der Waals surface area contributed by atoms with Gasteiger partial charge < -0.3 is 4.74 Å². The van der Waals surface area contributed by atoms with Gasteiger partial charge in [-0.15, -0.1) is 0 Å². The van der Waals surface area contributed by atoms with Crippen LogP contribution in [0.15, 0.2) is 48.7 Å². The second kappa shape index (κ2) is 7.41. The van der Waals surface area contributed by atoms with Gasteiger partial charge in [-0.3, -0.25) is 9.78 Å². The highest BCUT2D eigenvalue weighted by molar-refractivity contribution is 6.30. The summed E-state index contributed by atoms with van der Waals surface area (Å²) in [6, 6.07) is 13.9. The maximum absolute atomic E-state index is 12.6. The fourth-order valence-electron chi connectivity index (χ4n) is 3.34. The molecule has 3 rings (SSSR count). The third-order valence-electron chi connectivity index (χ3n) is 4.38. The van der Waals surface area contributed by atoms with Crippen LogP contribution in [0.25, 0.3) is 22.0 Å². The highest BCUT2D eigenvalue weighted by Crippen LogP contribution is 2.40. The Morgan fingerprint density at radius 3 is 2.44 bits per heavy atom. The lowest BCUT2D eigenvalue weighted by Gasteiger charge is -2.29. The van der Waals surface area contributed by atoms with Crippen LogP contribution in [0.5, 0.6) is 0 Å². The number of nitrogens with zero attached hydrogens (tertiary/aromatic N) is 1. The molecule has 0 aliphatic heterocycles. The maximum Gasteiger partial charge on any atom is 0.163 e. The summed E-state index contributed by atoms with van der Waals surface area (Å²) >= 11 is 6.05. The summed E-state index contributed by atoms with van der Waals surface area (Å²) < 4.78 is 6.20. The van der Waals surface area contributed by atoms with Crippen molar-refractivity contribution in [2.24, 2.45) is 0 Å². The first-order valence-corrected chi connectivity index (χ1v) is 9.37. The molecule has 0 N–H and O–H groups in total. The zero-order valence-electron chi connectivity index (χ0n) is 16.3. The number of hydrogen-bond acceptors (Lipinski definition) is 3. The fourth-order valence-corrected chi connectivity index (χ4v) is 3.45. The summed E-state index contributed by atoms with van der Waals surface area (Å²) in [6.45, 7) is 9.46. The van der Waals surface area contributed by atoms with E-state index in [1.54, 1.807) is 13.1 Å². The van der Waals surface area contributed by atoms with Crippen LogP contribution in [0.4, 0.5) is 0 Å². The van der Waals surface area contributed by atoms with Crippen molar-refractivity contribution in [1.29, 1.82) is 0 Å². The molecular weight excluding hydrogens is 358 g/mol. The minimum atomic E-state index is -0.665. The van der Waals surface area contributed by atoms with Gasteiger partial charge in [0.15, 0.2) is 5.78 Å². The predicted octanol–water partition coefficient (Wildman–Crippen LogP) is 6.31. The molecule has 4 heteroatoms. The smallest absolute Gasteiger partial charge is 0.163 e. The number of carbonyl (C=O) groups excluding carboxylic acids is 1. The van der Waals surface area contributed by atoms with E-state index in [0.29, 0.717) is 5.02 Å². The molecule has 0 unspecified atom stereocenters. The Morgan fingerprint density at radius 1 is 1.15 bits per heavy atom. The molecule has 0 saturated heterocycles. The molecule has 1 atom stereocenters. The van der Waals surface area contributed by atoms with Gasteiger partial charge in [0.1, 0.15) is 6.10 Å². The number of pyridine rings is 1. The van der Waals surface area contributed by atoms with E-state index >= 15 is 0 Å². The highest BCUT2D eigenvalue weighted by Gasteiger charge is 2.29. The predicted molar refractivity (Wildman–Crippen MR) is 111 cm³/mol. The van der Waals surface area contributed by atoms with Crippen molar-refractivity contribution in [3.8, 4) is 11.3 Å². The van der Waals surface area contributed by atoms with Gasteiger partial charge in [0.25, 0.3) is 0 Å². The monoisotopic (exact) mass is 381 g/mol. The van der Waals surface area contributed by atoms with Crippen LogP contribution in [-0.4, -0.2) is 16.4 Å². The minimum Gasteiger partial charge on any atom is -0.360 e. The molecule has 27 heavy (non-hydrogen) atoms. The third-order valence-corrected chi connectivity index (χ3v) is 4.61. The number of Topliss-reactive ketones (excluding diaryl/α,β-unsaturated/α-hetero) is 1. The van der Waals surface area contributed by atoms with E-state index in [2.05, 4.69) is 23.2 Å². The summed E-state index contributed by atoms with van der Waals surface area (Å²) in [6.07, 6.45) is 0.965.